The number of hydrogen-bond acceptors (Lipinski definition) is 0. The van der Waals surface area contributed by atoms with E-state index in [0.29, 0.717) is 5.41 Å². The predicted octanol–water partition coefficient (Wildman–Crippen LogP) is 4.53. The SMILES string of the molecule is CCC(CC)(CBr)C[Si](C)(C)C. The first kappa shape index (κ1) is 12.7. The van der Waals surface area contributed by atoms with Crippen LogP contribution in [0.5, 0.6) is 0 Å². The zero-order valence-corrected chi connectivity index (χ0v) is 11.8. The topological polar surface area (TPSA) is 0 Å². The minimum absolute atomic E-state index is 0.588. The van der Waals surface area contributed by atoms with Crippen LogP contribution in [0.15, 0.2) is 0 Å². The van der Waals surface area contributed by atoms with Gasteiger partial charge in [-0.3, -0.25) is 0 Å². The molecule has 0 rings (SSSR count). The van der Waals surface area contributed by atoms with E-state index in [2.05, 4.69) is 49.4 Å². The van der Waals surface area contributed by atoms with Crippen molar-refractivity contribution >= 4 is 24.0 Å². The van der Waals surface area contributed by atoms with E-state index in [1.165, 1.54) is 24.2 Å². The maximum atomic E-state index is 3.67. The van der Waals surface area contributed by atoms with Gasteiger partial charge in [0.15, 0.2) is 0 Å². The van der Waals surface area contributed by atoms with E-state index >= 15 is 0 Å². The van der Waals surface area contributed by atoms with Gasteiger partial charge in [0.05, 0.1) is 0 Å². The van der Waals surface area contributed by atoms with E-state index in [-0.39, 0.29) is 0 Å². The highest BCUT2D eigenvalue weighted by Crippen LogP contribution is 2.37. The second-order valence-corrected chi connectivity index (χ2v) is 11.1. The third-order valence-corrected chi connectivity index (χ3v) is 5.69. The van der Waals surface area contributed by atoms with Crippen molar-refractivity contribution in [1.29, 1.82) is 0 Å². The minimum atomic E-state index is -0.886. The van der Waals surface area contributed by atoms with Gasteiger partial charge in [-0.25, -0.2) is 0 Å². The van der Waals surface area contributed by atoms with Crippen molar-refractivity contribution < 1.29 is 0 Å². The average Bonchev–Trinajstić information content (AvgIpc) is 1.99. The van der Waals surface area contributed by atoms with Gasteiger partial charge in [0.1, 0.15) is 0 Å². The Labute approximate surface area is 87.3 Å². The van der Waals surface area contributed by atoms with Crippen LogP contribution in [0.2, 0.25) is 25.7 Å². The molecule has 0 aliphatic carbocycles. The van der Waals surface area contributed by atoms with E-state index in [1.54, 1.807) is 0 Å². The number of hydrogen-bond donors (Lipinski definition) is 0. The molecule has 0 heterocycles. The smallest absolute Gasteiger partial charge is 0.0448 e. The van der Waals surface area contributed by atoms with Gasteiger partial charge >= 0.3 is 0 Å². The van der Waals surface area contributed by atoms with Gasteiger partial charge < -0.3 is 0 Å². The molecule has 0 aliphatic rings. The van der Waals surface area contributed by atoms with Crippen LogP contribution in [0.25, 0.3) is 0 Å². The van der Waals surface area contributed by atoms with E-state index in [9.17, 15) is 0 Å². The van der Waals surface area contributed by atoms with Crippen molar-refractivity contribution in [2.24, 2.45) is 5.41 Å². The lowest BCUT2D eigenvalue weighted by molar-refractivity contribution is 0.345. The first-order chi connectivity index (χ1) is 5.39. The van der Waals surface area contributed by atoms with E-state index < -0.39 is 8.07 Å². The highest BCUT2D eigenvalue weighted by Gasteiger charge is 2.30. The van der Waals surface area contributed by atoms with Crippen LogP contribution >= 0.6 is 15.9 Å². The summed E-state index contributed by atoms with van der Waals surface area (Å²) in [5, 5.41) is 1.18. The first-order valence-corrected chi connectivity index (χ1v) is 9.78. The molecule has 12 heavy (non-hydrogen) atoms. The van der Waals surface area contributed by atoms with Crippen molar-refractivity contribution in [3.63, 3.8) is 0 Å². The van der Waals surface area contributed by atoms with Crippen molar-refractivity contribution in [3.05, 3.63) is 0 Å². The summed E-state index contributed by atoms with van der Waals surface area (Å²) in [4.78, 5) is 0. The van der Waals surface area contributed by atoms with Crippen molar-refractivity contribution in [3.8, 4) is 0 Å². The fraction of sp³-hybridized carbons (Fsp3) is 1.00. The highest BCUT2D eigenvalue weighted by molar-refractivity contribution is 9.09. The van der Waals surface area contributed by atoms with E-state index in [1.807, 2.05) is 0 Å². The maximum Gasteiger partial charge on any atom is 0.0448 e. The Kier molecular flexibility index (Phi) is 5.08. The summed E-state index contributed by atoms with van der Waals surface area (Å²) < 4.78 is 0. The Bertz CT molecular complexity index is 114. The van der Waals surface area contributed by atoms with Crippen LogP contribution in [-0.4, -0.2) is 13.4 Å². The quantitative estimate of drug-likeness (QED) is 0.497. The van der Waals surface area contributed by atoms with Crippen molar-refractivity contribution in [2.45, 2.75) is 52.4 Å². The Morgan fingerprint density at radius 2 is 1.50 bits per heavy atom. The van der Waals surface area contributed by atoms with Gasteiger partial charge in [0.2, 0.25) is 0 Å². The number of halogens is 1. The molecule has 0 aromatic rings. The first-order valence-electron chi connectivity index (χ1n) is 4.95. The van der Waals surface area contributed by atoms with Gasteiger partial charge in [-0.15, -0.1) is 0 Å². The Morgan fingerprint density at radius 1 is 1.08 bits per heavy atom. The van der Waals surface area contributed by atoms with Crippen LogP contribution in [0.1, 0.15) is 26.7 Å². The Morgan fingerprint density at radius 3 is 1.58 bits per heavy atom. The molecule has 0 amide bonds. The fourth-order valence-corrected chi connectivity index (χ4v) is 6.09. The zero-order valence-electron chi connectivity index (χ0n) is 9.21. The summed E-state index contributed by atoms with van der Waals surface area (Å²) in [5.41, 5.74) is 0.588. The second kappa shape index (κ2) is 4.80. The van der Waals surface area contributed by atoms with Crippen LogP contribution in [0.3, 0.4) is 0 Å². The molecular formula is C10H23BrSi. The minimum Gasteiger partial charge on any atom is -0.0922 e. The largest absolute Gasteiger partial charge is 0.0922 e. The zero-order chi connectivity index (χ0) is 9.83. The molecule has 74 valence electrons. The summed E-state index contributed by atoms with van der Waals surface area (Å²) in [7, 11) is -0.886. The monoisotopic (exact) mass is 250 g/mol. The summed E-state index contributed by atoms with van der Waals surface area (Å²) >= 11 is 3.67. The molecule has 0 unspecified atom stereocenters. The molecule has 0 aromatic carbocycles. The molecule has 0 aromatic heterocycles. The van der Waals surface area contributed by atoms with Crippen molar-refractivity contribution in [1.82, 2.24) is 0 Å². The van der Waals surface area contributed by atoms with E-state index in [0.717, 1.165) is 0 Å². The molecule has 0 saturated heterocycles. The van der Waals surface area contributed by atoms with Gasteiger partial charge in [0.25, 0.3) is 0 Å². The molecule has 0 nitrogen and oxygen atoms in total. The molecule has 0 saturated carbocycles. The van der Waals surface area contributed by atoms with Crippen LogP contribution in [0, 0.1) is 5.41 Å². The molecule has 2 heteroatoms. The molecule has 0 atom stereocenters. The third kappa shape index (κ3) is 4.08. The van der Waals surface area contributed by atoms with Gasteiger partial charge in [-0.1, -0.05) is 55.5 Å². The van der Waals surface area contributed by atoms with E-state index in [4.69, 9.17) is 0 Å². The lowest BCUT2D eigenvalue weighted by Gasteiger charge is -2.35. The normalized spacial score (nSPS) is 13.5. The summed E-state index contributed by atoms with van der Waals surface area (Å²) in [6.45, 7) is 12.1. The molecule has 0 radical (unpaired) electrons. The maximum absolute atomic E-state index is 3.67. The molecule has 0 spiro atoms. The summed E-state index contributed by atoms with van der Waals surface area (Å²) in [6.07, 6.45) is 2.64. The lowest BCUT2D eigenvalue weighted by atomic mass is 9.87. The van der Waals surface area contributed by atoms with Crippen molar-refractivity contribution in [2.75, 3.05) is 5.33 Å². The Hall–Kier alpha value is 0.697. The lowest BCUT2D eigenvalue weighted by Crippen LogP contribution is -2.33. The fourth-order valence-electron chi connectivity index (χ4n) is 1.86. The molecular weight excluding hydrogens is 228 g/mol. The van der Waals surface area contributed by atoms with Crippen LogP contribution < -0.4 is 0 Å². The summed E-state index contributed by atoms with van der Waals surface area (Å²) in [5.74, 6) is 0. The molecule has 0 fully saturated rings. The van der Waals surface area contributed by atoms with Gasteiger partial charge in [-0.05, 0) is 18.3 Å². The molecule has 0 N–H and O–H groups in total. The molecule has 0 aliphatic heterocycles. The Balaban J connectivity index is 4.30. The third-order valence-electron chi connectivity index (χ3n) is 2.69. The predicted molar refractivity (Wildman–Crippen MR) is 65.0 cm³/mol. The van der Waals surface area contributed by atoms with Crippen LogP contribution in [0.4, 0.5) is 0 Å². The second-order valence-electron chi connectivity index (χ2n) is 5.08. The van der Waals surface area contributed by atoms with Gasteiger partial charge in [-0.2, -0.15) is 0 Å². The summed E-state index contributed by atoms with van der Waals surface area (Å²) in [6, 6.07) is 1.46. The average molecular weight is 251 g/mol. The highest BCUT2D eigenvalue weighted by atomic mass is 79.9. The number of rotatable bonds is 5. The number of alkyl halides is 1. The van der Waals surface area contributed by atoms with Gasteiger partial charge in [0, 0.05) is 13.4 Å². The molecule has 0 bridgehead atoms. The standard InChI is InChI=1S/C10H23BrSi/c1-6-10(7-2,8-11)9-12(3,4)5/h6-9H2,1-5H3. The van der Waals surface area contributed by atoms with Crippen LogP contribution in [-0.2, 0) is 0 Å².